The summed E-state index contributed by atoms with van der Waals surface area (Å²) < 4.78 is 10.6. The zero-order chi connectivity index (χ0) is 17.7. The van der Waals surface area contributed by atoms with Crippen LogP contribution in [0.1, 0.15) is 33.1 Å². The van der Waals surface area contributed by atoms with Gasteiger partial charge in [0.25, 0.3) is 11.7 Å². The Morgan fingerprint density at radius 1 is 1.46 bits per heavy atom. The van der Waals surface area contributed by atoms with Gasteiger partial charge in [-0.2, -0.15) is 0 Å². The van der Waals surface area contributed by atoms with Crippen molar-refractivity contribution in [1.82, 2.24) is 4.98 Å². The van der Waals surface area contributed by atoms with E-state index in [0.717, 1.165) is 17.7 Å². The van der Waals surface area contributed by atoms with Crippen LogP contribution in [-0.2, 0) is 14.3 Å². The Bertz CT molecular complexity index is 648. The van der Waals surface area contributed by atoms with Crippen LogP contribution in [0.5, 0.6) is 5.75 Å². The number of carbonyl (C=O) groups is 2. The molecule has 9 heteroatoms. The van der Waals surface area contributed by atoms with Crippen molar-refractivity contribution in [2.45, 2.75) is 39.2 Å². The van der Waals surface area contributed by atoms with E-state index in [1.54, 1.807) is 6.92 Å². The molecule has 1 aromatic heterocycles. The van der Waals surface area contributed by atoms with Gasteiger partial charge in [0.2, 0.25) is 0 Å². The number of anilines is 1. The molecule has 0 N–H and O–H groups in total. The molecule has 9 nitrogen and oxygen atoms in total. The number of aromatic nitrogens is 1. The number of nitro groups is 1. The quantitative estimate of drug-likeness (QED) is 0.323. The molecule has 1 atom stereocenters. The third-order valence-corrected chi connectivity index (χ3v) is 3.50. The van der Waals surface area contributed by atoms with E-state index in [2.05, 4.69) is 4.98 Å². The molecule has 2 heterocycles. The number of hydrogen-bond acceptors (Lipinski definition) is 7. The van der Waals surface area contributed by atoms with Crippen LogP contribution in [0.25, 0.3) is 0 Å². The number of hydrogen-bond donors (Lipinski definition) is 0. The molecule has 1 aliphatic heterocycles. The molecule has 2 rings (SSSR count). The molecule has 1 amide bonds. The van der Waals surface area contributed by atoms with E-state index in [9.17, 15) is 19.7 Å². The van der Waals surface area contributed by atoms with E-state index >= 15 is 0 Å². The van der Waals surface area contributed by atoms with E-state index in [0.29, 0.717) is 6.42 Å². The summed E-state index contributed by atoms with van der Waals surface area (Å²) >= 11 is 0. The Morgan fingerprint density at radius 2 is 2.21 bits per heavy atom. The summed E-state index contributed by atoms with van der Waals surface area (Å²) in [7, 11) is 0. The molecule has 24 heavy (non-hydrogen) atoms. The second kappa shape index (κ2) is 7.71. The van der Waals surface area contributed by atoms with Crippen molar-refractivity contribution in [2.75, 3.05) is 18.1 Å². The lowest BCUT2D eigenvalue weighted by atomic mass is 10.2. The number of pyridine rings is 1. The predicted molar refractivity (Wildman–Crippen MR) is 83.8 cm³/mol. The highest BCUT2D eigenvalue weighted by molar-refractivity contribution is 6.02. The number of unbranched alkanes of at least 4 members (excludes halogenated alkanes) is 1. The maximum Gasteiger partial charge on any atom is 0.366 e. The van der Waals surface area contributed by atoms with Gasteiger partial charge in [-0.15, -0.1) is 0 Å². The van der Waals surface area contributed by atoms with Gasteiger partial charge < -0.3 is 19.6 Å². The molecule has 0 fully saturated rings. The van der Waals surface area contributed by atoms with Crippen LogP contribution in [0.15, 0.2) is 12.1 Å². The lowest BCUT2D eigenvalue weighted by Gasteiger charge is -2.29. The highest BCUT2D eigenvalue weighted by atomic mass is 16.6. The number of amides is 1. The topological polar surface area (TPSA) is 112 Å². The predicted octanol–water partition coefficient (Wildman–Crippen LogP) is 1.84. The number of carbonyl (C=O) groups excluding carboxylic acids is 2. The lowest BCUT2D eigenvalue weighted by molar-refractivity contribution is -0.389. The molecule has 1 aliphatic rings. The Hall–Kier alpha value is -2.71. The minimum absolute atomic E-state index is 0.0358. The van der Waals surface area contributed by atoms with Crippen molar-refractivity contribution in [1.29, 1.82) is 0 Å². The average molecular weight is 337 g/mol. The molecule has 1 aromatic rings. The number of nitrogens with zero attached hydrogens (tertiary/aromatic N) is 3. The first-order chi connectivity index (χ1) is 11.5. The fourth-order valence-electron chi connectivity index (χ4n) is 2.21. The van der Waals surface area contributed by atoms with Gasteiger partial charge in [-0.25, -0.2) is 0 Å². The van der Waals surface area contributed by atoms with E-state index in [1.807, 2.05) is 6.92 Å². The summed E-state index contributed by atoms with van der Waals surface area (Å²) in [5, 5.41) is 10.9. The van der Waals surface area contributed by atoms with Gasteiger partial charge in [-0.1, -0.05) is 20.3 Å². The molecule has 0 saturated carbocycles. The van der Waals surface area contributed by atoms with Crippen molar-refractivity contribution in [3.63, 3.8) is 0 Å². The van der Waals surface area contributed by atoms with Crippen LogP contribution >= 0.6 is 0 Å². The number of ether oxygens (including phenoxy) is 2. The Morgan fingerprint density at radius 3 is 2.83 bits per heavy atom. The van der Waals surface area contributed by atoms with E-state index in [1.165, 1.54) is 12.1 Å². The molecule has 0 spiro atoms. The maximum absolute atomic E-state index is 12.4. The molecule has 0 bridgehead atoms. The maximum atomic E-state index is 12.4. The second-order valence-electron chi connectivity index (χ2n) is 5.26. The summed E-state index contributed by atoms with van der Waals surface area (Å²) in [5.41, 5.74) is 0. The molecular formula is C15H19N3O6. The number of esters is 1. The fraction of sp³-hybridized carbons (Fsp3) is 0.533. The first-order valence-corrected chi connectivity index (χ1v) is 7.77. The van der Waals surface area contributed by atoms with Crippen molar-refractivity contribution in [2.24, 2.45) is 0 Å². The zero-order valence-electron chi connectivity index (χ0n) is 13.6. The highest BCUT2D eigenvalue weighted by Gasteiger charge is 2.39. The van der Waals surface area contributed by atoms with Crippen LogP contribution < -0.4 is 9.64 Å². The average Bonchev–Trinajstić information content (AvgIpc) is 2.56. The third-order valence-electron chi connectivity index (χ3n) is 3.50. The van der Waals surface area contributed by atoms with Crippen molar-refractivity contribution >= 4 is 23.5 Å². The molecule has 0 aliphatic carbocycles. The summed E-state index contributed by atoms with van der Waals surface area (Å²) in [6, 6.07) is 2.57. The third kappa shape index (κ3) is 3.79. The van der Waals surface area contributed by atoms with Crippen molar-refractivity contribution < 1.29 is 24.0 Å². The van der Waals surface area contributed by atoms with Gasteiger partial charge in [0.1, 0.15) is 6.54 Å². The van der Waals surface area contributed by atoms with Crippen LogP contribution in [-0.4, -0.2) is 41.0 Å². The van der Waals surface area contributed by atoms with Gasteiger partial charge >= 0.3 is 11.8 Å². The van der Waals surface area contributed by atoms with Gasteiger partial charge in [-0.3, -0.25) is 14.5 Å². The number of rotatable bonds is 7. The minimum atomic E-state index is -0.760. The number of fused-ring (bicyclic) bond motifs is 1. The molecule has 0 saturated heterocycles. The van der Waals surface area contributed by atoms with E-state index < -0.39 is 28.7 Å². The first-order valence-electron chi connectivity index (χ1n) is 7.77. The molecule has 0 aromatic carbocycles. The summed E-state index contributed by atoms with van der Waals surface area (Å²) in [6.07, 6.45) is 1.24. The normalized spacial score (nSPS) is 16.3. The standard InChI is InChI=1S/C15H19N3O6/c1-3-5-8-23-13(19)9-17-14-11(24-10(4-2)15(17)20)6-7-12(16-14)18(21)22/h6-7,10H,3-5,8-9H2,1-2H3. The summed E-state index contributed by atoms with van der Waals surface area (Å²) in [4.78, 5) is 39.5. The van der Waals surface area contributed by atoms with Crippen LogP contribution in [0.4, 0.5) is 11.6 Å². The van der Waals surface area contributed by atoms with Crippen molar-refractivity contribution in [3.05, 3.63) is 22.2 Å². The minimum Gasteiger partial charge on any atom is -0.474 e. The molecule has 0 radical (unpaired) electrons. The molecular weight excluding hydrogens is 318 g/mol. The largest absolute Gasteiger partial charge is 0.474 e. The van der Waals surface area contributed by atoms with Gasteiger partial charge in [-0.05, 0) is 28.8 Å². The summed E-state index contributed by atoms with van der Waals surface area (Å²) in [5.74, 6) is -1.29. The van der Waals surface area contributed by atoms with Gasteiger partial charge in [0.15, 0.2) is 11.9 Å². The van der Waals surface area contributed by atoms with Crippen molar-refractivity contribution in [3.8, 4) is 5.75 Å². The Labute approximate surface area is 138 Å². The molecule has 1 unspecified atom stereocenters. The lowest BCUT2D eigenvalue weighted by Crippen LogP contribution is -2.48. The second-order valence-corrected chi connectivity index (χ2v) is 5.26. The van der Waals surface area contributed by atoms with Crippen LogP contribution in [0.3, 0.4) is 0 Å². The SMILES string of the molecule is CCCCOC(=O)CN1C(=O)C(CC)Oc2ccc([N+](=O)[O-])nc21. The van der Waals surface area contributed by atoms with E-state index in [4.69, 9.17) is 9.47 Å². The fourth-order valence-corrected chi connectivity index (χ4v) is 2.21. The van der Waals surface area contributed by atoms with E-state index in [-0.39, 0.29) is 24.7 Å². The Balaban J connectivity index is 2.27. The Kier molecular flexibility index (Phi) is 5.67. The monoisotopic (exact) mass is 337 g/mol. The van der Waals surface area contributed by atoms with Crippen LogP contribution in [0, 0.1) is 10.1 Å². The highest BCUT2D eigenvalue weighted by Crippen LogP contribution is 2.34. The van der Waals surface area contributed by atoms with Crippen LogP contribution in [0.2, 0.25) is 0 Å². The first kappa shape index (κ1) is 17.6. The van der Waals surface area contributed by atoms with Gasteiger partial charge in [0, 0.05) is 6.07 Å². The zero-order valence-corrected chi connectivity index (χ0v) is 13.6. The summed E-state index contributed by atoms with van der Waals surface area (Å²) in [6.45, 7) is 3.64. The smallest absolute Gasteiger partial charge is 0.366 e. The van der Waals surface area contributed by atoms with Gasteiger partial charge in [0.05, 0.1) is 6.61 Å². The molecule has 130 valence electrons.